The Hall–Kier alpha value is -2.41. The predicted molar refractivity (Wildman–Crippen MR) is 87.8 cm³/mol. The molecular weight excluding hydrogens is 330 g/mol. The van der Waals surface area contributed by atoms with Gasteiger partial charge in [0.25, 0.3) is 0 Å². The van der Waals surface area contributed by atoms with Gasteiger partial charge >= 0.3 is 5.63 Å². The van der Waals surface area contributed by atoms with Crippen molar-refractivity contribution >= 4 is 16.7 Å². The molecule has 1 aliphatic heterocycles. The van der Waals surface area contributed by atoms with Crippen LogP contribution in [0.5, 0.6) is 0 Å². The van der Waals surface area contributed by atoms with Gasteiger partial charge in [0.2, 0.25) is 0 Å². The number of anilines is 1. The van der Waals surface area contributed by atoms with E-state index in [9.17, 15) is 20.1 Å². The molecule has 1 saturated heterocycles. The second kappa shape index (κ2) is 6.84. The van der Waals surface area contributed by atoms with Crippen LogP contribution in [0.2, 0.25) is 0 Å². The number of fused-ring (bicyclic) bond motifs is 1. The average Bonchev–Trinajstić information content (AvgIpc) is 2.61. The van der Waals surface area contributed by atoms with Gasteiger partial charge in [0.15, 0.2) is 6.29 Å². The van der Waals surface area contributed by atoms with Gasteiger partial charge in [-0.05, 0) is 18.2 Å². The smallest absolute Gasteiger partial charge is 0.352 e. The van der Waals surface area contributed by atoms with Gasteiger partial charge in [-0.1, -0.05) is 5.92 Å². The molecule has 5 atom stereocenters. The van der Waals surface area contributed by atoms with Gasteiger partial charge in [0.05, 0.1) is 6.61 Å². The van der Waals surface area contributed by atoms with Crippen LogP contribution in [0.25, 0.3) is 11.0 Å². The maximum absolute atomic E-state index is 11.7. The lowest BCUT2D eigenvalue weighted by atomic mass is 9.97. The minimum atomic E-state index is -1.46. The van der Waals surface area contributed by atoms with E-state index < -0.39 is 42.9 Å². The number of benzene rings is 1. The van der Waals surface area contributed by atoms with Crippen LogP contribution in [0.3, 0.4) is 0 Å². The average molecular weight is 347 g/mol. The number of terminal acetylenes is 1. The Morgan fingerprint density at radius 3 is 2.64 bits per heavy atom. The quantitative estimate of drug-likeness (QED) is 0.352. The van der Waals surface area contributed by atoms with Gasteiger partial charge in [-0.3, -0.25) is 0 Å². The molecule has 1 aromatic heterocycles. The zero-order valence-corrected chi connectivity index (χ0v) is 13.0. The maximum atomic E-state index is 11.7. The van der Waals surface area contributed by atoms with E-state index in [0.717, 1.165) is 0 Å². The molecule has 8 heteroatoms. The Bertz CT molecular complexity index is 871. The van der Waals surface area contributed by atoms with Crippen molar-refractivity contribution in [3.05, 3.63) is 40.2 Å². The van der Waals surface area contributed by atoms with E-state index in [2.05, 4.69) is 11.2 Å². The Morgan fingerprint density at radius 2 is 1.96 bits per heavy atom. The van der Waals surface area contributed by atoms with E-state index in [1.165, 1.54) is 12.1 Å². The van der Waals surface area contributed by atoms with E-state index in [1.807, 2.05) is 0 Å². The highest BCUT2D eigenvalue weighted by Gasteiger charge is 2.43. The van der Waals surface area contributed by atoms with Crippen LogP contribution >= 0.6 is 0 Å². The Morgan fingerprint density at radius 1 is 1.20 bits per heavy atom. The SMILES string of the molecule is C#Cc1cc2ccc(NC3C(O)OC(CO)[C@@H](O)[C@@H]3O)cc2oc1=O. The van der Waals surface area contributed by atoms with Crippen molar-refractivity contribution in [3.63, 3.8) is 0 Å². The first-order chi connectivity index (χ1) is 11.9. The third kappa shape index (κ3) is 3.24. The second-order valence-corrected chi connectivity index (χ2v) is 5.74. The predicted octanol–water partition coefficient (Wildman–Crippen LogP) is -1.01. The number of hydrogen-bond acceptors (Lipinski definition) is 8. The number of hydrogen-bond donors (Lipinski definition) is 5. The normalized spacial score (nSPS) is 29.3. The highest BCUT2D eigenvalue weighted by Crippen LogP contribution is 2.25. The zero-order valence-electron chi connectivity index (χ0n) is 13.0. The van der Waals surface area contributed by atoms with Crippen molar-refractivity contribution in [3.8, 4) is 12.3 Å². The highest BCUT2D eigenvalue weighted by molar-refractivity contribution is 5.81. The standard InChI is InChI=1S/C17H17NO7/c1-2-8-5-9-3-4-10(6-11(9)24-16(8)22)18-13-15(21)14(20)12(7-19)25-17(13)23/h1,3-6,12-15,17-21,23H,7H2/t12?,13?,14-,15-,17?/m1/s1. The van der Waals surface area contributed by atoms with Crippen molar-refractivity contribution in [2.75, 3.05) is 11.9 Å². The van der Waals surface area contributed by atoms with Crippen LogP contribution < -0.4 is 10.9 Å². The fourth-order valence-electron chi connectivity index (χ4n) is 2.75. The Labute approximate surface area is 142 Å². The molecule has 1 aromatic carbocycles. The maximum Gasteiger partial charge on any atom is 0.352 e. The number of nitrogens with one attached hydrogen (secondary N) is 1. The molecule has 0 amide bonds. The molecular formula is C17H17NO7. The molecule has 8 nitrogen and oxygen atoms in total. The van der Waals surface area contributed by atoms with E-state index in [-0.39, 0.29) is 11.1 Å². The van der Waals surface area contributed by atoms with Crippen LogP contribution in [-0.2, 0) is 4.74 Å². The van der Waals surface area contributed by atoms with E-state index in [4.69, 9.17) is 20.7 Å². The summed E-state index contributed by atoms with van der Waals surface area (Å²) in [6.07, 6.45) is -0.0664. The molecule has 2 aromatic rings. The van der Waals surface area contributed by atoms with E-state index in [1.54, 1.807) is 12.1 Å². The lowest BCUT2D eigenvalue weighted by molar-refractivity contribution is -0.245. The number of rotatable bonds is 3. The van der Waals surface area contributed by atoms with Gasteiger partial charge in [-0.25, -0.2) is 4.79 Å². The van der Waals surface area contributed by atoms with Crippen molar-refractivity contribution in [1.82, 2.24) is 0 Å². The number of aliphatic hydroxyl groups excluding tert-OH is 4. The monoisotopic (exact) mass is 347 g/mol. The first-order valence-electron chi connectivity index (χ1n) is 7.56. The molecule has 3 unspecified atom stereocenters. The summed E-state index contributed by atoms with van der Waals surface area (Å²) in [5.74, 6) is 2.24. The molecule has 0 saturated carbocycles. The fraction of sp³-hybridized carbons (Fsp3) is 0.353. The lowest BCUT2D eigenvalue weighted by Crippen LogP contribution is -2.61. The third-order valence-electron chi connectivity index (χ3n) is 4.12. The summed E-state index contributed by atoms with van der Waals surface area (Å²) < 4.78 is 10.2. The minimum absolute atomic E-state index is 0.109. The van der Waals surface area contributed by atoms with Crippen molar-refractivity contribution in [2.45, 2.75) is 30.6 Å². The highest BCUT2D eigenvalue weighted by atomic mass is 16.6. The van der Waals surface area contributed by atoms with Crippen LogP contribution in [0.4, 0.5) is 5.69 Å². The topological polar surface area (TPSA) is 132 Å². The first-order valence-corrected chi connectivity index (χ1v) is 7.56. The number of ether oxygens (including phenoxy) is 1. The van der Waals surface area contributed by atoms with Crippen LogP contribution in [0, 0.1) is 12.3 Å². The van der Waals surface area contributed by atoms with Crippen molar-refractivity contribution in [2.24, 2.45) is 0 Å². The molecule has 0 radical (unpaired) electrons. The zero-order chi connectivity index (χ0) is 18.1. The minimum Gasteiger partial charge on any atom is -0.422 e. The largest absolute Gasteiger partial charge is 0.422 e. The van der Waals surface area contributed by atoms with Gasteiger partial charge in [0.1, 0.15) is 35.5 Å². The van der Waals surface area contributed by atoms with Gasteiger partial charge in [-0.15, -0.1) is 6.42 Å². The lowest BCUT2D eigenvalue weighted by Gasteiger charge is -2.40. The molecule has 1 aliphatic rings. The third-order valence-corrected chi connectivity index (χ3v) is 4.12. The van der Waals surface area contributed by atoms with Crippen molar-refractivity contribution in [1.29, 1.82) is 0 Å². The van der Waals surface area contributed by atoms with Crippen LogP contribution in [0.1, 0.15) is 5.56 Å². The molecule has 0 bridgehead atoms. The molecule has 1 fully saturated rings. The van der Waals surface area contributed by atoms with Crippen molar-refractivity contribution < 1.29 is 29.6 Å². The van der Waals surface area contributed by atoms with E-state index in [0.29, 0.717) is 11.1 Å². The summed E-state index contributed by atoms with van der Waals surface area (Å²) in [6, 6.07) is 5.25. The summed E-state index contributed by atoms with van der Waals surface area (Å²) in [7, 11) is 0. The molecule has 0 spiro atoms. The Kier molecular flexibility index (Phi) is 4.76. The molecule has 0 aliphatic carbocycles. The van der Waals surface area contributed by atoms with Crippen LogP contribution in [0.15, 0.2) is 33.5 Å². The fourth-order valence-corrected chi connectivity index (χ4v) is 2.75. The molecule has 3 rings (SSSR count). The summed E-state index contributed by atoms with van der Waals surface area (Å²) >= 11 is 0. The van der Waals surface area contributed by atoms with Gasteiger partial charge in [-0.2, -0.15) is 0 Å². The summed E-state index contributed by atoms with van der Waals surface area (Å²) in [6.45, 7) is -0.541. The summed E-state index contributed by atoms with van der Waals surface area (Å²) in [4.78, 5) is 11.7. The van der Waals surface area contributed by atoms with Gasteiger partial charge in [0, 0.05) is 17.1 Å². The number of aliphatic hydroxyl groups is 4. The first kappa shape index (κ1) is 17.4. The Balaban J connectivity index is 1.87. The second-order valence-electron chi connectivity index (χ2n) is 5.74. The van der Waals surface area contributed by atoms with Crippen LogP contribution in [-0.4, -0.2) is 57.7 Å². The molecule has 25 heavy (non-hydrogen) atoms. The molecule has 5 N–H and O–H groups in total. The van der Waals surface area contributed by atoms with Gasteiger partial charge < -0.3 is 34.9 Å². The summed E-state index contributed by atoms with van der Waals surface area (Å²) in [5.41, 5.74) is 0.154. The molecule has 2 heterocycles. The van der Waals surface area contributed by atoms with E-state index >= 15 is 0 Å². The summed E-state index contributed by atoms with van der Waals surface area (Å²) in [5, 5.41) is 42.5. The molecule has 132 valence electrons.